The number of rotatable bonds is 4. The van der Waals surface area contributed by atoms with Crippen molar-refractivity contribution in [1.82, 2.24) is 14.3 Å². The minimum absolute atomic E-state index is 0.303. The topological polar surface area (TPSA) is 51.9 Å². The molecule has 0 aliphatic heterocycles. The first-order valence-corrected chi connectivity index (χ1v) is 8.59. The molecule has 0 saturated heterocycles. The molecule has 0 saturated carbocycles. The highest BCUT2D eigenvalue weighted by molar-refractivity contribution is 9.10. The standard InChI is InChI=1S/C16H13BrCl2N4O/c1-22-13(8-12(18)15(22)19)16(24)21-14-5-6-20-23(14)9-10-3-2-4-11(17)7-10/h2-8H,9H2,1H3,(H,21,24). The van der Waals surface area contributed by atoms with Crippen LogP contribution >= 0.6 is 39.1 Å². The number of carbonyl (C=O) groups is 1. The van der Waals surface area contributed by atoms with E-state index in [-0.39, 0.29) is 5.91 Å². The molecule has 8 heteroatoms. The van der Waals surface area contributed by atoms with Crippen molar-refractivity contribution >= 4 is 50.9 Å². The molecule has 0 atom stereocenters. The van der Waals surface area contributed by atoms with E-state index in [9.17, 15) is 4.79 Å². The van der Waals surface area contributed by atoms with Gasteiger partial charge in [0, 0.05) is 17.6 Å². The Bertz CT molecular complexity index is 903. The van der Waals surface area contributed by atoms with Gasteiger partial charge >= 0.3 is 0 Å². The Hall–Kier alpha value is -1.76. The summed E-state index contributed by atoms with van der Waals surface area (Å²) in [7, 11) is 1.68. The van der Waals surface area contributed by atoms with Gasteiger partial charge in [0.25, 0.3) is 5.91 Å². The van der Waals surface area contributed by atoms with Gasteiger partial charge in [-0.25, -0.2) is 4.68 Å². The van der Waals surface area contributed by atoms with Crippen molar-refractivity contribution in [2.24, 2.45) is 7.05 Å². The normalized spacial score (nSPS) is 10.8. The highest BCUT2D eigenvalue weighted by atomic mass is 79.9. The predicted molar refractivity (Wildman–Crippen MR) is 98.9 cm³/mol. The zero-order valence-electron chi connectivity index (χ0n) is 12.6. The van der Waals surface area contributed by atoms with Crippen molar-refractivity contribution in [1.29, 1.82) is 0 Å². The molecule has 0 unspecified atom stereocenters. The van der Waals surface area contributed by atoms with Crippen LogP contribution in [-0.2, 0) is 13.6 Å². The molecule has 0 bridgehead atoms. The quantitative estimate of drug-likeness (QED) is 0.661. The van der Waals surface area contributed by atoms with Crippen molar-refractivity contribution in [3.63, 3.8) is 0 Å². The molecule has 5 nitrogen and oxygen atoms in total. The van der Waals surface area contributed by atoms with Crippen molar-refractivity contribution < 1.29 is 4.79 Å². The smallest absolute Gasteiger partial charge is 0.273 e. The fourth-order valence-corrected chi connectivity index (χ4v) is 3.14. The summed E-state index contributed by atoms with van der Waals surface area (Å²) in [6, 6.07) is 11.2. The van der Waals surface area contributed by atoms with Crippen LogP contribution in [0.4, 0.5) is 5.82 Å². The Morgan fingerprint density at radius 3 is 2.75 bits per heavy atom. The van der Waals surface area contributed by atoms with E-state index >= 15 is 0 Å². The van der Waals surface area contributed by atoms with E-state index in [4.69, 9.17) is 23.2 Å². The van der Waals surface area contributed by atoms with Gasteiger partial charge in [-0.15, -0.1) is 0 Å². The second-order valence-corrected chi connectivity index (χ2v) is 6.87. The van der Waals surface area contributed by atoms with Gasteiger partial charge in [-0.2, -0.15) is 5.10 Å². The Kier molecular flexibility index (Phi) is 4.99. The molecule has 3 rings (SSSR count). The first kappa shape index (κ1) is 17.1. The van der Waals surface area contributed by atoms with Gasteiger partial charge in [0.15, 0.2) is 0 Å². The zero-order valence-corrected chi connectivity index (χ0v) is 15.7. The second-order valence-electron chi connectivity index (χ2n) is 5.19. The Balaban J connectivity index is 1.80. The molecule has 0 spiro atoms. The maximum atomic E-state index is 12.5. The molecule has 1 aromatic carbocycles. The number of hydrogen-bond acceptors (Lipinski definition) is 2. The van der Waals surface area contributed by atoms with Crippen molar-refractivity contribution in [3.05, 3.63) is 68.5 Å². The summed E-state index contributed by atoms with van der Waals surface area (Å²) >= 11 is 15.4. The highest BCUT2D eigenvalue weighted by Gasteiger charge is 2.17. The van der Waals surface area contributed by atoms with E-state index in [1.807, 2.05) is 24.3 Å². The van der Waals surface area contributed by atoms with E-state index in [0.29, 0.717) is 28.2 Å². The number of halogens is 3. The molecule has 3 aromatic rings. The van der Waals surface area contributed by atoms with Crippen LogP contribution in [0, 0.1) is 0 Å². The molecule has 1 N–H and O–H groups in total. The number of carbonyl (C=O) groups excluding carboxylic acids is 1. The van der Waals surface area contributed by atoms with Gasteiger partial charge in [0.1, 0.15) is 16.7 Å². The van der Waals surface area contributed by atoms with Crippen LogP contribution in [-0.4, -0.2) is 20.3 Å². The lowest BCUT2D eigenvalue weighted by Crippen LogP contribution is -2.18. The summed E-state index contributed by atoms with van der Waals surface area (Å²) in [5, 5.41) is 7.76. The lowest BCUT2D eigenvalue weighted by atomic mass is 10.2. The number of amides is 1. The maximum Gasteiger partial charge on any atom is 0.273 e. The monoisotopic (exact) mass is 426 g/mol. The van der Waals surface area contributed by atoms with Gasteiger partial charge in [-0.05, 0) is 23.8 Å². The molecular formula is C16H13BrCl2N4O. The third-order valence-corrected chi connectivity index (χ3v) is 4.86. The summed E-state index contributed by atoms with van der Waals surface area (Å²) in [6.07, 6.45) is 1.64. The molecule has 2 aromatic heterocycles. The number of nitrogens with zero attached hydrogens (tertiary/aromatic N) is 3. The van der Waals surface area contributed by atoms with Gasteiger partial charge in [0.05, 0.1) is 17.8 Å². The van der Waals surface area contributed by atoms with E-state index < -0.39 is 0 Å². The molecule has 2 heterocycles. The lowest BCUT2D eigenvalue weighted by Gasteiger charge is -2.10. The van der Waals surface area contributed by atoms with Crippen LogP contribution in [0.1, 0.15) is 16.1 Å². The number of anilines is 1. The summed E-state index contributed by atoms with van der Waals surface area (Å²) < 4.78 is 4.24. The van der Waals surface area contributed by atoms with Crippen LogP contribution in [0.2, 0.25) is 10.2 Å². The minimum atomic E-state index is -0.303. The van der Waals surface area contributed by atoms with Gasteiger partial charge in [0.2, 0.25) is 0 Å². The van der Waals surface area contributed by atoms with E-state index in [0.717, 1.165) is 10.0 Å². The molecule has 124 valence electrons. The summed E-state index contributed by atoms with van der Waals surface area (Å²) in [5.41, 5.74) is 1.44. The summed E-state index contributed by atoms with van der Waals surface area (Å²) in [5.74, 6) is 0.288. The fourth-order valence-electron chi connectivity index (χ4n) is 2.31. The van der Waals surface area contributed by atoms with Crippen LogP contribution in [0.25, 0.3) is 0 Å². The average molecular weight is 428 g/mol. The number of aromatic nitrogens is 3. The van der Waals surface area contributed by atoms with Crippen molar-refractivity contribution in [2.75, 3.05) is 5.32 Å². The maximum absolute atomic E-state index is 12.5. The van der Waals surface area contributed by atoms with Gasteiger partial charge < -0.3 is 9.88 Å². The average Bonchev–Trinajstić information content (AvgIpc) is 3.07. The largest absolute Gasteiger partial charge is 0.329 e. The fraction of sp³-hybridized carbons (Fsp3) is 0.125. The Labute approximate surface area is 157 Å². The number of hydrogen-bond donors (Lipinski definition) is 1. The van der Waals surface area contributed by atoms with E-state index in [1.165, 1.54) is 10.6 Å². The summed E-state index contributed by atoms with van der Waals surface area (Å²) in [6.45, 7) is 0.538. The first-order valence-electron chi connectivity index (χ1n) is 7.04. The molecule has 0 fully saturated rings. The van der Waals surface area contributed by atoms with Crippen LogP contribution in [0.5, 0.6) is 0 Å². The molecule has 0 radical (unpaired) electrons. The third-order valence-electron chi connectivity index (χ3n) is 3.53. The number of benzene rings is 1. The summed E-state index contributed by atoms with van der Waals surface area (Å²) in [4.78, 5) is 12.5. The van der Waals surface area contributed by atoms with E-state index in [1.54, 1.807) is 24.0 Å². The first-order chi connectivity index (χ1) is 11.5. The minimum Gasteiger partial charge on any atom is -0.329 e. The third kappa shape index (κ3) is 3.50. The SMILES string of the molecule is Cn1c(C(=O)Nc2ccnn2Cc2cccc(Br)c2)cc(Cl)c1Cl. The molecule has 1 amide bonds. The molecule has 24 heavy (non-hydrogen) atoms. The van der Waals surface area contributed by atoms with Crippen LogP contribution < -0.4 is 5.32 Å². The second kappa shape index (κ2) is 7.01. The molecule has 0 aliphatic rings. The molecule has 0 aliphatic carbocycles. The van der Waals surface area contributed by atoms with Crippen molar-refractivity contribution in [3.8, 4) is 0 Å². The van der Waals surface area contributed by atoms with Gasteiger partial charge in [-0.3, -0.25) is 4.79 Å². The lowest BCUT2D eigenvalue weighted by molar-refractivity contribution is 0.101. The zero-order chi connectivity index (χ0) is 17.3. The van der Waals surface area contributed by atoms with Gasteiger partial charge in [-0.1, -0.05) is 51.3 Å². The van der Waals surface area contributed by atoms with Crippen molar-refractivity contribution in [2.45, 2.75) is 6.54 Å². The van der Waals surface area contributed by atoms with E-state index in [2.05, 4.69) is 26.3 Å². The Morgan fingerprint density at radius 2 is 2.08 bits per heavy atom. The predicted octanol–water partition coefficient (Wildman–Crippen LogP) is 4.59. The van der Waals surface area contributed by atoms with Crippen LogP contribution in [0.3, 0.4) is 0 Å². The van der Waals surface area contributed by atoms with Crippen LogP contribution in [0.15, 0.2) is 47.1 Å². The Morgan fingerprint density at radius 1 is 1.29 bits per heavy atom. The highest BCUT2D eigenvalue weighted by Crippen LogP contribution is 2.25. The number of nitrogens with one attached hydrogen (secondary N) is 1. The molecular weight excluding hydrogens is 415 g/mol.